The molecular weight excluding hydrogens is 1060 g/mol. The minimum atomic E-state index is 1.05. The Morgan fingerprint density at radius 2 is 0.375 bits per heavy atom. The first-order chi connectivity index (χ1) is 43.7. The van der Waals surface area contributed by atoms with Gasteiger partial charge in [-0.3, -0.25) is 0 Å². The first kappa shape index (κ1) is 50.9. The highest BCUT2D eigenvalue weighted by Crippen LogP contribution is 2.51. The molecule has 0 aromatic heterocycles. The summed E-state index contributed by atoms with van der Waals surface area (Å²) >= 11 is 0. The molecule has 0 heterocycles. The molecule has 15 aromatic rings. The monoisotopic (exact) mass is 1120 g/mol. The Kier molecular flexibility index (Phi) is 12.3. The number of para-hydroxylation sites is 2. The third-order valence-electron chi connectivity index (χ3n) is 18.2. The van der Waals surface area contributed by atoms with E-state index in [1.165, 1.54) is 121 Å². The van der Waals surface area contributed by atoms with Crippen molar-refractivity contribution in [3.63, 3.8) is 0 Å². The topological polar surface area (TPSA) is 6.48 Å². The van der Waals surface area contributed by atoms with Gasteiger partial charge in [0.05, 0.1) is 0 Å². The van der Waals surface area contributed by atoms with Crippen molar-refractivity contribution >= 4 is 101 Å². The van der Waals surface area contributed by atoms with Crippen LogP contribution in [-0.2, 0) is 0 Å². The summed E-state index contributed by atoms with van der Waals surface area (Å²) in [7, 11) is 0. The summed E-state index contributed by atoms with van der Waals surface area (Å²) in [5.74, 6) is 0. The molecule has 0 atom stereocenters. The first-order valence-corrected chi connectivity index (χ1v) is 30.4. The van der Waals surface area contributed by atoms with Crippen LogP contribution in [0.1, 0.15) is 33.4 Å². The zero-order valence-electron chi connectivity index (χ0n) is 48.2. The predicted molar refractivity (Wildman–Crippen MR) is 374 cm³/mol. The summed E-state index contributed by atoms with van der Waals surface area (Å²) < 4.78 is 0. The van der Waals surface area contributed by atoms with Crippen LogP contribution in [0.5, 0.6) is 0 Å². The van der Waals surface area contributed by atoms with E-state index in [0.717, 1.165) is 45.3 Å². The second-order valence-corrected chi connectivity index (χ2v) is 23.0. The zero-order chi connectivity index (χ0) is 58.1. The minimum absolute atomic E-state index is 1.05. The molecule has 2 heteroatoms. The fraction of sp³-hybridized carbons (Fsp3) is 0. The number of benzene rings is 15. The molecule has 0 radical (unpaired) electrons. The molecule has 0 fully saturated rings. The van der Waals surface area contributed by atoms with Gasteiger partial charge < -0.3 is 9.80 Å². The van der Waals surface area contributed by atoms with Crippen LogP contribution >= 0.6 is 0 Å². The Hall–Kier alpha value is -11.6. The first-order valence-electron chi connectivity index (χ1n) is 30.4. The maximum atomic E-state index is 2.45. The van der Waals surface area contributed by atoms with E-state index >= 15 is 0 Å². The molecule has 2 nitrogen and oxygen atoms in total. The summed E-state index contributed by atoms with van der Waals surface area (Å²) in [5, 5.41) is 9.83. The molecule has 410 valence electrons. The van der Waals surface area contributed by atoms with Gasteiger partial charge in [0, 0.05) is 34.1 Å². The number of fused-ring (bicyclic) bond motifs is 10. The molecule has 0 saturated heterocycles. The van der Waals surface area contributed by atoms with Gasteiger partial charge in [0.15, 0.2) is 0 Å². The molecule has 88 heavy (non-hydrogen) atoms. The van der Waals surface area contributed by atoms with E-state index in [2.05, 4.69) is 350 Å². The van der Waals surface area contributed by atoms with Gasteiger partial charge in [-0.25, -0.2) is 0 Å². The van der Waals surface area contributed by atoms with Crippen molar-refractivity contribution in [1.82, 2.24) is 0 Å². The fourth-order valence-electron chi connectivity index (χ4n) is 14.3. The molecule has 0 N–H and O–H groups in total. The summed E-state index contributed by atoms with van der Waals surface area (Å²) in [6, 6.07) is 120. The number of hydrogen-bond donors (Lipinski definition) is 0. The van der Waals surface area contributed by atoms with Gasteiger partial charge in [0.2, 0.25) is 0 Å². The molecule has 2 aliphatic rings. The fourth-order valence-corrected chi connectivity index (χ4v) is 14.3. The van der Waals surface area contributed by atoms with Crippen LogP contribution in [-0.4, -0.2) is 0 Å². The molecule has 17 rings (SSSR count). The quantitative estimate of drug-likeness (QED) is 0.126. The van der Waals surface area contributed by atoms with Crippen LogP contribution in [0.4, 0.5) is 34.1 Å². The third-order valence-corrected chi connectivity index (χ3v) is 18.2. The van der Waals surface area contributed by atoms with Crippen molar-refractivity contribution in [2.45, 2.75) is 0 Å². The van der Waals surface area contributed by atoms with E-state index in [1.807, 2.05) is 0 Å². The van der Waals surface area contributed by atoms with Gasteiger partial charge in [-0.05, 0) is 217 Å². The highest BCUT2D eigenvalue weighted by atomic mass is 15.2. The molecule has 0 saturated carbocycles. The summed E-state index contributed by atoms with van der Waals surface area (Å²) in [6.07, 6.45) is 4.90. The lowest BCUT2D eigenvalue weighted by Crippen LogP contribution is -2.12. The van der Waals surface area contributed by atoms with Crippen LogP contribution < -0.4 is 9.80 Å². The van der Waals surface area contributed by atoms with Crippen molar-refractivity contribution < 1.29 is 0 Å². The van der Waals surface area contributed by atoms with Crippen molar-refractivity contribution in [1.29, 1.82) is 0 Å². The smallest absolute Gasteiger partial charge is 0.0463 e. The van der Waals surface area contributed by atoms with Crippen molar-refractivity contribution in [2.24, 2.45) is 0 Å². The SMILES string of the molecule is C(=C1c2ccccc2-c2ccccc21)c1c2ccccc2c(-c2ccc(N(c3ccc(-c4c5ccccc5c(C=C5c6ccccc6-c6ccccc65)c5ccccc45)cc3)c3ccc(N(c4ccccc4)c4ccccc4)cc3)cc2)c2ccccc12. The number of anilines is 6. The van der Waals surface area contributed by atoms with Gasteiger partial charge in [-0.15, -0.1) is 0 Å². The maximum Gasteiger partial charge on any atom is 0.0463 e. The predicted octanol–water partition coefficient (Wildman–Crippen LogP) is 23.7. The average molecular weight is 1120 g/mol. The Bertz CT molecular complexity index is 4770. The number of rotatable bonds is 10. The van der Waals surface area contributed by atoms with Gasteiger partial charge >= 0.3 is 0 Å². The summed E-state index contributed by atoms with van der Waals surface area (Å²) in [5.41, 5.74) is 26.5. The lowest BCUT2D eigenvalue weighted by molar-refractivity contribution is 1.26. The normalized spacial score (nSPS) is 12.0. The molecular formula is C86H56N2. The molecule has 0 amide bonds. The van der Waals surface area contributed by atoms with Crippen LogP contribution in [0, 0.1) is 0 Å². The Morgan fingerprint density at radius 3 is 0.648 bits per heavy atom. The number of hydrogen-bond acceptors (Lipinski definition) is 2. The van der Waals surface area contributed by atoms with E-state index in [4.69, 9.17) is 0 Å². The van der Waals surface area contributed by atoms with E-state index in [-0.39, 0.29) is 0 Å². The van der Waals surface area contributed by atoms with Gasteiger partial charge in [-0.2, -0.15) is 0 Å². The molecule has 0 unspecified atom stereocenters. The summed E-state index contributed by atoms with van der Waals surface area (Å²) in [4.78, 5) is 4.72. The Labute approximate surface area is 512 Å². The average Bonchev–Trinajstić information content (AvgIpc) is 1.32. The standard InChI is InChI=1S/C86H56N2/c1-3-23-59(24-4-1)87(60-25-5-2-6-26-60)63-51-53-64(54-52-63)88(61-47-43-57(44-48-61)85-77-39-19-15-35-73(77)83(74-36-16-20-40-78(74)85)55-81-69-31-11-7-27-65(69)66-28-8-12-32-70(66)81)62-49-45-58(46-50-62)86-79-41-21-17-37-75(79)84(76-38-18-22-42-80(76)86)56-82-71-33-13-9-29-67(71)68-30-10-14-34-72(68)82/h1-56H. The molecule has 0 bridgehead atoms. The second kappa shape index (κ2) is 21.2. The zero-order valence-corrected chi connectivity index (χ0v) is 48.2. The van der Waals surface area contributed by atoms with Gasteiger partial charge in [-0.1, -0.05) is 255 Å². The van der Waals surface area contributed by atoms with Gasteiger partial charge in [0.1, 0.15) is 0 Å². The molecule has 0 spiro atoms. The maximum absolute atomic E-state index is 2.45. The lowest BCUT2D eigenvalue weighted by atomic mass is 9.87. The Balaban J connectivity index is 0.800. The molecule has 2 aliphatic carbocycles. The van der Waals surface area contributed by atoms with Crippen LogP contribution in [0.25, 0.3) is 111 Å². The largest absolute Gasteiger partial charge is 0.311 e. The van der Waals surface area contributed by atoms with Crippen molar-refractivity contribution in [3.05, 3.63) is 361 Å². The van der Waals surface area contributed by atoms with E-state index in [9.17, 15) is 0 Å². The van der Waals surface area contributed by atoms with Crippen molar-refractivity contribution in [3.8, 4) is 44.5 Å². The van der Waals surface area contributed by atoms with Crippen molar-refractivity contribution in [2.75, 3.05) is 9.80 Å². The van der Waals surface area contributed by atoms with Gasteiger partial charge in [0.25, 0.3) is 0 Å². The minimum Gasteiger partial charge on any atom is -0.311 e. The lowest BCUT2D eigenvalue weighted by Gasteiger charge is -2.28. The number of nitrogens with zero attached hydrogens (tertiary/aromatic N) is 2. The van der Waals surface area contributed by atoms with Crippen LogP contribution in [0.15, 0.2) is 328 Å². The van der Waals surface area contributed by atoms with E-state index < -0.39 is 0 Å². The molecule has 0 aliphatic heterocycles. The highest BCUT2D eigenvalue weighted by Gasteiger charge is 2.27. The van der Waals surface area contributed by atoms with E-state index in [0.29, 0.717) is 0 Å². The van der Waals surface area contributed by atoms with Crippen LogP contribution in [0.3, 0.4) is 0 Å². The van der Waals surface area contributed by atoms with Crippen LogP contribution in [0.2, 0.25) is 0 Å². The second-order valence-electron chi connectivity index (χ2n) is 23.0. The molecule has 15 aromatic carbocycles. The van der Waals surface area contributed by atoms with E-state index in [1.54, 1.807) is 0 Å². The highest BCUT2D eigenvalue weighted by molar-refractivity contribution is 6.22. The summed E-state index contributed by atoms with van der Waals surface area (Å²) in [6.45, 7) is 0. The third kappa shape index (κ3) is 8.41. The Morgan fingerprint density at radius 1 is 0.170 bits per heavy atom.